The number of hydrogen-bond donors (Lipinski definition) is 0. The zero-order valence-electron chi connectivity index (χ0n) is 31.4. The summed E-state index contributed by atoms with van der Waals surface area (Å²) in [4.78, 5) is 2.51. The van der Waals surface area contributed by atoms with E-state index in [0.717, 1.165) is 17.8 Å². The lowest BCUT2D eigenvalue weighted by Crippen LogP contribution is -2.18. The van der Waals surface area contributed by atoms with Crippen molar-refractivity contribution in [1.82, 2.24) is 0 Å². The second-order valence-electron chi connectivity index (χ2n) is 17.1. The largest absolute Gasteiger partial charge is 0.310 e. The Morgan fingerprint density at radius 1 is 0.491 bits per heavy atom. The zero-order valence-corrected chi connectivity index (χ0v) is 31.4. The van der Waals surface area contributed by atoms with Crippen LogP contribution in [-0.4, -0.2) is 0 Å². The summed E-state index contributed by atoms with van der Waals surface area (Å²) in [5, 5.41) is 0. The summed E-state index contributed by atoms with van der Waals surface area (Å²) in [6.45, 7) is 4.87. The van der Waals surface area contributed by atoms with Crippen LogP contribution in [0.4, 0.5) is 17.1 Å². The third-order valence-corrected chi connectivity index (χ3v) is 13.8. The maximum atomic E-state index is 2.51. The molecule has 3 fully saturated rings. The first-order valence-electron chi connectivity index (χ1n) is 20.5. The average molecular weight is 690 g/mol. The summed E-state index contributed by atoms with van der Waals surface area (Å²) in [6, 6.07) is 53.3. The van der Waals surface area contributed by atoms with E-state index in [1.807, 2.05) is 0 Å². The molecule has 2 bridgehead atoms. The monoisotopic (exact) mass is 689 g/mol. The molecule has 0 radical (unpaired) electrons. The molecule has 0 heterocycles. The van der Waals surface area contributed by atoms with Crippen LogP contribution in [0.5, 0.6) is 0 Å². The molecule has 3 unspecified atom stereocenters. The van der Waals surface area contributed by atoms with E-state index < -0.39 is 0 Å². The van der Waals surface area contributed by atoms with Crippen LogP contribution in [0, 0.1) is 11.8 Å². The minimum atomic E-state index is -0.177. The average Bonchev–Trinajstić information content (AvgIpc) is 3.92. The quantitative estimate of drug-likeness (QED) is 0.161. The molecule has 0 N–H and O–H groups in total. The topological polar surface area (TPSA) is 3.24 Å². The van der Waals surface area contributed by atoms with E-state index in [1.165, 1.54) is 125 Å². The zero-order chi connectivity index (χ0) is 35.5. The van der Waals surface area contributed by atoms with Crippen molar-refractivity contribution < 1.29 is 0 Å². The molecule has 264 valence electrons. The van der Waals surface area contributed by atoms with E-state index in [-0.39, 0.29) is 5.41 Å². The fraction of sp³-hybridized carbons (Fsp3) is 0.308. The Morgan fingerprint density at radius 2 is 1.11 bits per heavy atom. The lowest BCUT2D eigenvalue weighted by molar-refractivity contribution is 0.420. The molecule has 1 heteroatoms. The first-order chi connectivity index (χ1) is 26.0. The van der Waals surface area contributed by atoms with Crippen LogP contribution in [0.2, 0.25) is 0 Å². The SMILES string of the molecule is CC1(C)c2cc(N(c3ccc(C4CCCCC4)cc3)c3ccc(C4CC5CCC4C5)cc3)ccc2-c2cccc(-c3ccccc3-c3ccccc3)c21. The summed E-state index contributed by atoms with van der Waals surface area (Å²) < 4.78 is 0. The van der Waals surface area contributed by atoms with Crippen molar-refractivity contribution in [3.05, 3.63) is 162 Å². The van der Waals surface area contributed by atoms with E-state index in [9.17, 15) is 0 Å². The first kappa shape index (κ1) is 32.7. The highest BCUT2D eigenvalue weighted by molar-refractivity contribution is 5.94. The fourth-order valence-electron chi connectivity index (χ4n) is 11.1. The molecular formula is C52H51N. The number of anilines is 3. The van der Waals surface area contributed by atoms with Gasteiger partial charge in [0.1, 0.15) is 0 Å². The van der Waals surface area contributed by atoms with Gasteiger partial charge in [-0.3, -0.25) is 0 Å². The van der Waals surface area contributed by atoms with Crippen LogP contribution >= 0.6 is 0 Å². The second kappa shape index (κ2) is 13.2. The van der Waals surface area contributed by atoms with E-state index in [0.29, 0.717) is 5.92 Å². The predicted octanol–water partition coefficient (Wildman–Crippen LogP) is 14.7. The van der Waals surface area contributed by atoms with Crippen LogP contribution in [0.3, 0.4) is 0 Å². The van der Waals surface area contributed by atoms with Crippen molar-refractivity contribution in [2.75, 3.05) is 4.90 Å². The van der Waals surface area contributed by atoms with Crippen LogP contribution < -0.4 is 4.90 Å². The highest BCUT2D eigenvalue weighted by Crippen LogP contribution is 2.55. The van der Waals surface area contributed by atoms with E-state index in [2.05, 4.69) is 158 Å². The summed E-state index contributed by atoms with van der Waals surface area (Å²) in [5.74, 6) is 3.29. The maximum absolute atomic E-state index is 2.51. The standard InChI is InChI=1S/C52H51N/c1-52(2)50-34-43(30-31-46(50)48-19-11-18-47(51(48)52)45-17-10-9-16-44(45)38-14-7-4-8-15-38)53(41-26-22-37(23-27-41)36-12-5-3-6-13-36)42-28-24-39(25-29-42)49-33-35-20-21-40(49)32-35/h4,7-11,14-19,22-31,34-36,40,49H,3,5-6,12-13,20-21,32-33H2,1-2H3. The molecule has 4 aliphatic rings. The van der Waals surface area contributed by atoms with Gasteiger partial charge in [-0.2, -0.15) is 0 Å². The molecule has 10 rings (SSSR count). The maximum Gasteiger partial charge on any atom is 0.0465 e. The summed E-state index contributed by atoms with van der Waals surface area (Å²) in [5.41, 5.74) is 17.3. The Balaban J connectivity index is 1.06. The van der Waals surface area contributed by atoms with E-state index in [4.69, 9.17) is 0 Å². The van der Waals surface area contributed by atoms with Crippen molar-refractivity contribution in [1.29, 1.82) is 0 Å². The van der Waals surface area contributed by atoms with Gasteiger partial charge in [-0.05, 0) is 148 Å². The van der Waals surface area contributed by atoms with Gasteiger partial charge in [-0.1, -0.05) is 143 Å². The number of hydrogen-bond acceptors (Lipinski definition) is 1. The second-order valence-corrected chi connectivity index (χ2v) is 17.1. The predicted molar refractivity (Wildman–Crippen MR) is 224 cm³/mol. The van der Waals surface area contributed by atoms with Gasteiger partial charge in [-0.15, -0.1) is 0 Å². The van der Waals surface area contributed by atoms with Gasteiger partial charge in [0.15, 0.2) is 0 Å². The normalized spacial score (nSPS) is 21.4. The van der Waals surface area contributed by atoms with Gasteiger partial charge >= 0.3 is 0 Å². The Bertz CT molecular complexity index is 2250. The molecule has 6 aromatic carbocycles. The molecule has 3 saturated carbocycles. The molecule has 0 aromatic heterocycles. The van der Waals surface area contributed by atoms with Gasteiger partial charge in [0.25, 0.3) is 0 Å². The molecule has 0 amide bonds. The Labute approximate surface area is 316 Å². The number of fused-ring (bicyclic) bond motifs is 5. The third kappa shape index (κ3) is 5.67. The first-order valence-corrected chi connectivity index (χ1v) is 20.5. The molecule has 4 aliphatic carbocycles. The lowest BCUT2D eigenvalue weighted by atomic mass is 9.78. The molecule has 0 spiro atoms. The van der Waals surface area contributed by atoms with Gasteiger partial charge in [0.2, 0.25) is 0 Å². The number of benzene rings is 6. The van der Waals surface area contributed by atoms with Gasteiger partial charge < -0.3 is 4.90 Å². The Hall–Kier alpha value is -4.88. The molecule has 0 aliphatic heterocycles. The van der Waals surface area contributed by atoms with Crippen molar-refractivity contribution in [3.63, 3.8) is 0 Å². The molecular weight excluding hydrogens is 639 g/mol. The third-order valence-electron chi connectivity index (χ3n) is 13.8. The van der Waals surface area contributed by atoms with Crippen molar-refractivity contribution in [2.45, 2.75) is 88.9 Å². The van der Waals surface area contributed by atoms with Crippen LogP contribution in [0.25, 0.3) is 33.4 Å². The lowest BCUT2D eigenvalue weighted by Gasteiger charge is -2.30. The Kier molecular flexibility index (Phi) is 8.16. The summed E-state index contributed by atoms with van der Waals surface area (Å²) >= 11 is 0. The highest BCUT2D eigenvalue weighted by Gasteiger charge is 2.41. The number of nitrogens with zero attached hydrogens (tertiary/aromatic N) is 1. The van der Waals surface area contributed by atoms with E-state index in [1.54, 1.807) is 5.56 Å². The van der Waals surface area contributed by atoms with Crippen LogP contribution in [0.1, 0.15) is 106 Å². The van der Waals surface area contributed by atoms with Crippen molar-refractivity contribution >= 4 is 17.1 Å². The van der Waals surface area contributed by atoms with E-state index >= 15 is 0 Å². The van der Waals surface area contributed by atoms with Crippen LogP contribution in [-0.2, 0) is 5.41 Å². The molecule has 53 heavy (non-hydrogen) atoms. The van der Waals surface area contributed by atoms with Gasteiger partial charge in [-0.25, -0.2) is 0 Å². The minimum Gasteiger partial charge on any atom is -0.310 e. The minimum absolute atomic E-state index is 0.177. The molecule has 0 saturated heterocycles. The summed E-state index contributed by atoms with van der Waals surface area (Å²) in [7, 11) is 0. The fourth-order valence-corrected chi connectivity index (χ4v) is 11.1. The van der Waals surface area contributed by atoms with Gasteiger partial charge in [0, 0.05) is 22.5 Å². The Morgan fingerprint density at radius 3 is 1.79 bits per heavy atom. The molecule has 3 atom stereocenters. The number of rotatable bonds is 7. The van der Waals surface area contributed by atoms with Gasteiger partial charge in [0.05, 0.1) is 0 Å². The molecule has 1 nitrogen and oxygen atoms in total. The van der Waals surface area contributed by atoms with Crippen molar-refractivity contribution in [3.8, 4) is 33.4 Å². The smallest absolute Gasteiger partial charge is 0.0465 e. The van der Waals surface area contributed by atoms with Crippen molar-refractivity contribution in [2.24, 2.45) is 11.8 Å². The summed E-state index contributed by atoms with van der Waals surface area (Å²) in [6.07, 6.45) is 12.5. The van der Waals surface area contributed by atoms with Crippen LogP contribution in [0.15, 0.2) is 140 Å². The molecule has 6 aromatic rings. The highest BCUT2D eigenvalue weighted by atomic mass is 15.1.